The van der Waals surface area contributed by atoms with Gasteiger partial charge in [0.2, 0.25) is 5.88 Å². The van der Waals surface area contributed by atoms with Gasteiger partial charge in [0, 0.05) is 43.8 Å². The van der Waals surface area contributed by atoms with Gasteiger partial charge in [0.15, 0.2) is 0 Å². The van der Waals surface area contributed by atoms with Crippen LogP contribution in [0.15, 0.2) is 18.5 Å². The molecule has 0 amide bonds. The quantitative estimate of drug-likeness (QED) is 0.890. The van der Waals surface area contributed by atoms with E-state index in [9.17, 15) is 0 Å². The van der Waals surface area contributed by atoms with Crippen molar-refractivity contribution in [3.63, 3.8) is 0 Å². The van der Waals surface area contributed by atoms with Gasteiger partial charge in [-0.3, -0.25) is 0 Å². The molecule has 2 aromatic heterocycles. The lowest BCUT2D eigenvalue weighted by Gasteiger charge is -2.37. The van der Waals surface area contributed by atoms with Crippen LogP contribution in [0.25, 0.3) is 0 Å². The lowest BCUT2D eigenvalue weighted by atomic mass is 9.93. The normalized spacial score (nSPS) is 16.6. The van der Waals surface area contributed by atoms with Gasteiger partial charge < -0.3 is 15.0 Å². The van der Waals surface area contributed by atoms with Crippen LogP contribution < -0.4 is 15.0 Å². The Bertz CT molecular complexity index is 713. The summed E-state index contributed by atoms with van der Waals surface area (Å²) in [6.07, 6.45) is 2.32. The highest BCUT2D eigenvalue weighted by Crippen LogP contribution is 2.29. The van der Waals surface area contributed by atoms with Gasteiger partial charge in [-0.1, -0.05) is 0 Å². The molecule has 0 radical (unpaired) electrons. The largest absolute Gasteiger partial charge is 0.481 e. The number of halogens is 1. The third-order valence-electron chi connectivity index (χ3n) is 4.37. The maximum atomic E-state index is 15.1. The molecule has 1 fully saturated rings. The molecule has 0 aliphatic carbocycles. The van der Waals surface area contributed by atoms with Gasteiger partial charge in [0.25, 0.3) is 0 Å². The van der Waals surface area contributed by atoms with Crippen molar-refractivity contribution in [1.29, 1.82) is 0 Å². The van der Waals surface area contributed by atoms with Gasteiger partial charge >= 0.3 is 0 Å². The Morgan fingerprint density at radius 2 is 1.96 bits per heavy atom. The van der Waals surface area contributed by atoms with E-state index in [2.05, 4.69) is 30.2 Å². The highest BCUT2D eigenvalue weighted by Gasteiger charge is 2.35. The molecule has 1 aliphatic heterocycles. The van der Waals surface area contributed by atoms with Crippen molar-refractivity contribution in [2.45, 2.75) is 32.4 Å². The third-order valence-corrected chi connectivity index (χ3v) is 4.37. The minimum absolute atomic E-state index is 0.240. The average molecular weight is 346 g/mol. The van der Waals surface area contributed by atoms with E-state index in [0.29, 0.717) is 43.5 Å². The topological polar surface area (TPSA) is 76.1 Å². The number of nitrogens with zero attached hydrogens (tertiary/aromatic N) is 5. The summed E-state index contributed by atoms with van der Waals surface area (Å²) in [5.41, 5.74) is -0.393. The monoisotopic (exact) mass is 346 g/mol. The van der Waals surface area contributed by atoms with Gasteiger partial charge in [-0.15, -0.1) is 0 Å². The molecule has 8 heteroatoms. The first-order chi connectivity index (χ1) is 12.0. The highest BCUT2D eigenvalue weighted by molar-refractivity contribution is 5.42. The number of methoxy groups -OCH3 is 1. The molecule has 134 valence electrons. The third kappa shape index (κ3) is 4.32. The number of alkyl halides is 1. The molecule has 7 nitrogen and oxygen atoms in total. The Labute approximate surface area is 146 Å². The zero-order valence-corrected chi connectivity index (χ0v) is 14.8. The Balaban J connectivity index is 1.58. The van der Waals surface area contributed by atoms with E-state index in [1.165, 1.54) is 6.33 Å². The Hall–Kier alpha value is -2.51. The summed E-state index contributed by atoms with van der Waals surface area (Å²) < 4.78 is 20.2. The van der Waals surface area contributed by atoms with E-state index in [-0.39, 0.29) is 6.54 Å². The predicted molar refractivity (Wildman–Crippen MR) is 93.9 cm³/mol. The molecule has 25 heavy (non-hydrogen) atoms. The number of piperidine rings is 1. The molecule has 0 aromatic carbocycles. The minimum atomic E-state index is -1.26. The minimum Gasteiger partial charge on any atom is -0.481 e. The molecule has 0 unspecified atom stereocenters. The first-order valence-corrected chi connectivity index (χ1v) is 8.33. The first-order valence-electron chi connectivity index (χ1n) is 8.33. The van der Waals surface area contributed by atoms with Crippen LogP contribution in [0.3, 0.4) is 0 Å². The molecule has 1 saturated heterocycles. The molecule has 1 N–H and O–H groups in total. The first kappa shape index (κ1) is 17.3. The van der Waals surface area contributed by atoms with Gasteiger partial charge in [-0.25, -0.2) is 24.3 Å². The van der Waals surface area contributed by atoms with Gasteiger partial charge in [-0.2, -0.15) is 0 Å². The van der Waals surface area contributed by atoms with Crippen molar-refractivity contribution in [3.8, 4) is 5.88 Å². The molecule has 0 saturated carbocycles. The van der Waals surface area contributed by atoms with E-state index in [1.54, 1.807) is 13.2 Å². The van der Waals surface area contributed by atoms with Crippen molar-refractivity contribution >= 4 is 11.6 Å². The van der Waals surface area contributed by atoms with Crippen molar-refractivity contribution in [2.24, 2.45) is 0 Å². The van der Waals surface area contributed by atoms with E-state index < -0.39 is 5.67 Å². The van der Waals surface area contributed by atoms with Crippen molar-refractivity contribution in [3.05, 3.63) is 30.0 Å². The Morgan fingerprint density at radius 1 is 1.20 bits per heavy atom. The molecule has 2 aromatic rings. The number of hydrogen-bond acceptors (Lipinski definition) is 7. The zero-order valence-electron chi connectivity index (χ0n) is 14.8. The van der Waals surface area contributed by atoms with Crippen LogP contribution in [-0.4, -0.2) is 52.3 Å². The molecule has 3 heterocycles. The summed E-state index contributed by atoms with van der Waals surface area (Å²) in [6, 6.07) is 3.61. The maximum absolute atomic E-state index is 15.1. The van der Waals surface area contributed by atoms with Crippen LogP contribution in [0.2, 0.25) is 0 Å². The van der Waals surface area contributed by atoms with Crippen LogP contribution in [0.5, 0.6) is 5.88 Å². The van der Waals surface area contributed by atoms with E-state index >= 15 is 4.39 Å². The van der Waals surface area contributed by atoms with Crippen LogP contribution in [0.4, 0.5) is 16.0 Å². The number of hydrogen-bond donors (Lipinski definition) is 1. The van der Waals surface area contributed by atoms with Crippen LogP contribution in [-0.2, 0) is 0 Å². The number of aryl methyl sites for hydroxylation is 2. The summed E-state index contributed by atoms with van der Waals surface area (Å²) in [5.74, 6) is 2.63. The number of rotatable bonds is 5. The summed E-state index contributed by atoms with van der Waals surface area (Å²) in [6.45, 7) is 5.17. The van der Waals surface area contributed by atoms with Crippen molar-refractivity contribution in [2.75, 3.05) is 37.0 Å². The SMILES string of the molecule is COc1cc(N2CCC(F)(CNc3cc(C)nc(C)n3)CC2)ncn1. The van der Waals surface area contributed by atoms with Gasteiger partial charge in [0.1, 0.15) is 29.5 Å². The fourth-order valence-electron chi connectivity index (χ4n) is 2.98. The lowest BCUT2D eigenvalue weighted by Crippen LogP contribution is -2.45. The molecule has 0 spiro atoms. The van der Waals surface area contributed by atoms with Crippen molar-refractivity contribution in [1.82, 2.24) is 19.9 Å². The smallest absolute Gasteiger partial charge is 0.218 e. The zero-order chi connectivity index (χ0) is 17.9. The summed E-state index contributed by atoms with van der Waals surface area (Å²) in [7, 11) is 1.57. The van der Waals surface area contributed by atoms with E-state index in [0.717, 1.165) is 11.5 Å². The van der Waals surface area contributed by atoms with Crippen LogP contribution >= 0.6 is 0 Å². The summed E-state index contributed by atoms with van der Waals surface area (Å²) >= 11 is 0. The van der Waals surface area contributed by atoms with Crippen LogP contribution in [0.1, 0.15) is 24.4 Å². The Morgan fingerprint density at radius 3 is 2.64 bits per heavy atom. The number of aromatic nitrogens is 4. The Kier molecular flexibility index (Phi) is 4.96. The van der Waals surface area contributed by atoms with Gasteiger partial charge in [0.05, 0.1) is 13.7 Å². The predicted octanol–water partition coefficient (Wildman–Crippen LogP) is 2.31. The average Bonchev–Trinajstić information content (AvgIpc) is 2.60. The fourth-order valence-corrected chi connectivity index (χ4v) is 2.98. The van der Waals surface area contributed by atoms with Gasteiger partial charge in [-0.05, 0) is 13.8 Å². The van der Waals surface area contributed by atoms with Crippen LogP contribution in [0, 0.1) is 13.8 Å². The standard InChI is InChI=1S/C17H23FN6O/c1-12-8-14(23-13(2)22-12)19-10-17(18)4-6-24(7-5-17)15-9-16(25-3)21-11-20-15/h8-9,11H,4-7,10H2,1-3H3,(H,19,22,23). The molecule has 3 rings (SSSR count). The summed E-state index contributed by atoms with van der Waals surface area (Å²) in [5, 5.41) is 3.12. The van der Waals surface area contributed by atoms with Crippen molar-refractivity contribution < 1.29 is 9.13 Å². The fraction of sp³-hybridized carbons (Fsp3) is 0.529. The maximum Gasteiger partial charge on any atom is 0.218 e. The lowest BCUT2D eigenvalue weighted by molar-refractivity contribution is 0.140. The van der Waals surface area contributed by atoms with E-state index in [1.807, 2.05) is 19.9 Å². The summed E-state index contributed by atoms with van der Waals surface area (Å²) in [4.78, 5) is 18.8. The number of anilines is 2. The molecule has 1 aliphatic rings. The molecule has 0 bridgehead atoms. The second-order valence-electron chi connectivity index (χ2n) is 6.35. The number of nitrogens with one attached hydrogen (secondary N) is 1. The molecular weight excluding hydrogens is 323 g/mol. The molecule has 0 atom stereocenters. The number of ether oxygens (including phenoxy) is 1. The second-order valence-corrected chi connectivity index (χ2v) is 6.35. The van der Waals surface area contributed by atoms with E-state index in [4.69, 9.17) is 4.74 Å². The highest BCUT2D eigenvalue weighted by atomic mass is 19.1. The molecular formula is C17H23FN6O. The second kappa shape index (κ2) is 7.16.